The molecule has 0 spiro atoms. The first-order valence-corrected chi connectivity index (χ1v) is 17.6. The van der Waals surface area contributed by atoms with Gasteiger partial charge in [0.15, 0.2) is 0 Å². The zero-order chi connectivity index (χ0) is 38.2. The number of ether oxygens (including phenoxy) is 1. The molecule has 5 nitrogen and oxygen atoms in total. The van der Waals surface area contributed by atoms with Gasteiger partial charge in [0.25, 0.3) is 0 Å². The maximum absolute atomic E-state index is 8.53. The van der Waals surface area contributed by atoms with Crippen LogP contribution in [0.25, 0.3) is 55.5 Å². The average Bonchev–Trinajstić information content (AvgIpc) is 3.64. The summed E-state index contributed by atoms with van der Waals surface area (Å²) in [5.74, 6) is 2.29. The first-order chi connectivity index (χ1) is 26.3. The number of nitrogens with zero attached hydrogens (tertiary/aromatic N) is 4. The van der Waals surface area contributed by atoms with E-state index in [-0.39, 0.29) is 5.56 Å². The van der Waals surface area contributed by atoms with Gasteiger partial charge in [0, 0.05) is 15.9 Å². The second-order valence-corrected chi connectivity index (χ2v) is 14.0. The minimum atomic E-state index is -2.37. The van der Waals surface area contributed by atoms with E-state index in [4.69, 9.17) is 17.9 Å². The van der Waals surface area contributed by atoms with Gasteiger partial charge >= 0.3 is 198 Å². The number of aromatic nitrogens is 4. The fraction of sp³-hybridized carbons (Fsp3) is 0.163. The van der Waals surface area contributed by atoms with E-state index >= 15 is 0 Å². The Morgan fingerprint density at radius 2 is 1.57 bits per heavy atom. The van der Waals surface area contributed by atoms with E-state index < -0.39 is 13.8 Å². The summed E-state index contributed by atoms with van der Waals surface area (Å²) in [6, 6.07) is 36.9. The molecule has 1 aliphatic carbocycles. The first kappa shape index (κ1) is 24.2. The second kappa shape index (κ2) is 11.9. The van der Waals surface area contributed by atoms with E-state index in [1.807, 2.05) is 95.6 Å². The molecule has 8 aromatic rings. The summed E-state index contributed by atoms with van der Waals surface area (Å²) < 4.78 is 62.7. The number of pyridine rings is 1. The molecule has 0 fully saturated rings. The monoisotopic (exact) mass is 825 g/mol. The van der Waals surface area contributed by atoms with E-state index in [0.717, 1.165) is 57.8 Å². The topological polar surface area (TPSA) is 36.9 Å². The molecule has 49 heavy (non-hydrogen) atoms. The molecule has 6 heteroatoms. The van der Waals surface area contributed by atoms with Crippen molar-refractivity contribution in [3.8, 4) is 34.1 Å². The van der Waals surface area contributed by atoms with Crippen molar-refractivity contribution in [3.63, 3.8) is 0 Å². The van der Waals surface area contributed by atoms with Crippen molar-refractivity contribution in [2.75, 3.05) is 0 Å². The predicted molar refractivity (Wildman–Crippen MR) is 196 cm³/mol. The SMILES string of the molecule is [2H]C([2H])([2H])c1cc(-n2c3cc(Oc4cccc(-n5[c](=[Pt])n(C([2H])([2H])[2H])c6ccccc65)c4)ccc3c3cc4c(cc32)CCC(C)C4)ncc1-c1ccccc1. The molecular weight excluding hydrogens is 784 g/mol. The Labute approximate surface area is 304 Å². The molecule has 0 N–H and O–H groups in total. The van der Waals surface area contributed by atoms with Crippen LogP contribution in [0.5, 0.6) is 11.5 Å². The van der Waals surface area contributed by atoms with Gasteiger partial charge in [-0.2, -0.15) is 0 Å². The summed E-state index contributed by atoms with van der Waals surface area (Å²) in [7, 11) is 0. The minimum absolute atomic E-state index is 0.238. The second-order valence-electron chi connectivity index (χ2n) is 13.0. The van der Waals surface area contributed by atoms with E-state index in [2.05, 4.69) is 49.0 Å². The number of rotatable bonds is 5. The van der Waals surface area contributed by atoms with Gasteiger partial charge in [-0.25, -0.2) is 0 Å². The summed E-state index contributed by atoms with van der Waals surface area (Å²) in [6.07, 6.45) is 4.81. The third-order valence-electron chi connectivity index (χ3n) is 9.75. The fourth-order valence-corrected chi connectivity index (χ4v) is 8.18. The van der Waals surface area contributed by atoms with Crippen LogP contribution in [0.15, 0.2) is 121 Å². The Hall–Kier alpha value is -4.99. The van der Waals surface area contributed by atoms with E-state index in [0.29, 0.717) is 38.1 Å². The van der Waals surface area contributed by atoms with Gasteiger partial charge in [0.2, 0.25) is 0 Å². The van der Waals surface area contributed by atoms with Crippen LogP contribution in [0, 0.1) is 16.6 Å². The first-order valence-electron chi connectivity index (χ1n) is 19.5. The number of imidazole rings is 1. The number of para-hydroxylation sites is 2. The molecule has 1 atom stereocenters. The Bertz CT molecular complexity index is 2850. The Morgan fingerprint density at radius 1 is 0.755 bits per heavy atom. The number of hydrogen-bond acceptors (Lipinski definition) is 2. The molecule has 0 saturated carbocycles. The summed E-state index contributed by atoms with van der Waals surface area (Å²) >= 11 is 2.07. The normalized spacial score (nSPS) is 16.8. The minimum Gasteiger partial charge on any atom is -0.0622 e. The Morgan fingerprint density at radius 3 is 2.43 bits per heavy atom. The van der Waals surface area contributed by atoms with E-state index in [9.17, 15) is 0 Å². The summed E-state index contributed by atoms with van der Waals surface area (Å²) in [5.41, 5.74) is 8.24. The maximum atomic E-state index is 8.53. The van der Waals surface area contributed by atoms with Crippen LogP contribution in [0.2, 0.25) is 0 Å². The summed E-state index contributed by atoms with van der Waals surface area (Å²) in [6.45, 7) is -2.43. The van der Waals surface area contributed by atoms with Gasteiger partial charge in [0.05, 0.1) is 0 Å². The molecule has 244 valence electrons. The van der Waals surface area contributed by atoms with Gasteiger partial charge < -0.3 is 0 Å². The molecule has 1 aliphatic rings. The predicted octanol–water partition coefficient (Wildman–Crippen LogP) is 10.4. The fourth-order valence-electron chi connectivity index (χ4n) is 7.34. The van der Waals surface area contributed by atoms with Crippen LogP contribution in [0.1, 0.15) is 38.3 Å². The molecule has 0 radical (unpaired) electrons. The molecule has 0 saturated heterocycles. The van der Waals surface area contributed by atoms with Crippen molar-refractivity contribution < 1.29 is 32.3 Å². The van der Waals surface area contributed by atoms with Gasteiger partial charge in [-0.1, -0.05) is 37.3 Å². The third-order valence-corrected chi connectivity index (χ3v) is 10.8. The molecule has 3 aromatic heterocycles. The van der Waals surface area contributed by atoms with Crippen LogP contribution < -0.4 is 4.74 Å². The molecule has 9 rings (SSSR count). The van der Waals surface area contributed by atoms with Crippen LogP contribution in [0.3, 0.4) is 0 Å². The van der Waals surface area contributed by atoms with Crippen LogP contribution >= 0.6 is 0 Å². The van der Waals surface area contributed by atoms with Crippen LogP contribution in [-0.2, 0) is 39.2 Å². The zero-order valence-electron chi connectivity index (χ0n) is 32.8. The van der Waals surface area contributed by atoms with Crippen molar-refractivity contribution in [2.45, 2.75) is 33.0 Å². The molecule has 3 heterocycles. The molecule has 0 amide bonds. The molecular formula is C43H36N4OPt. The summed E-state index contributed by atoms with van der Waals surface area (Å²) in [4.78, 5) is 4.93. The van der Waals surface area contributed by atoms with Crippen LogP contribution in [0.4, 0.5) is 0 Å². The number of fused-ring (bicyclic) bond motifs is 5. The quantitative estimate of drug-likeness (QED) is 0.173. The van der Waals surface area contributed by atoms with Crippen molar-refractivity contribution >= 4 is 32.8 Å². The number of hydrogen-bond donors (Lipinski definition) is 0. The van der Waals surface area contributed by atoms with Crippen molar-refractivity contribution in [3.05, 3.63) is 142 Å². The van der Waals surface area contributed by atoms with Gasteiger partial charge in [-0.3, -0.25) is 0 Å². The summed E-state index contributed by atoms with van der Waals surface area (Å²) in [5, 5.41) is 2.10. The van der Waals surface area contributed by atoms with Gasteiger partial charge in [0.1, 0.15) is 0 Å². The van der Waals surface area contributed by atoms with Crippen molar-refractivity contribution in [1.82, 2.24) is 18.7 Å². The number of aryl methyl sites for hydroxylation is 3. The van der Waals surface area contributed by atoms with Crippen molar-refractivity contribution in [2.24, 2.45) is 12.9 Å². The smallest absolute Gasteiger partial charge is 0.0622 e. The van der Waals surface area contributed by atoms with E-state index in [1.54, 1.807) is 12.3 Å². The van der Waals surface area contributed by atoms with Crippen molar-refractivity contribution in [1.29, 1.82) is 0 Å². The standard InChI is InChI=1S/C43H36N4O.Pt/c1-28-16-17-31-23-41-37(22-32(31)20-28)36-19-18-35(25-42(36)47(41)43-21-29(2)38(26-44-43)30-10-5-4-6-11-30)48-34-13-9-12-33(24-34)46-27-45(3)39-14-7-8-15-40(39)46;/h4-15,18-19,21-26,28H,16-17,20H2,1-3H3;/i2D3,3D3;. The molecule has 0 bridgehead atoms. The van der Waals surface area contributed by atoms with Gasteiger partial charge in [-0.15, -0.1) is 0 Å². The average molecular weight is 826 g/mol. The Balaban J connectivity index is 1.20. The van der Waals surface area contributed by atoms with Gasteiger partial charge in [-0.05, 0) is 54.3 Å². The van der Waals surface area contributed by atoms with Crippen LogP contribution in [-0.4, -0.2) is 18.7 Å². The number of benzene rings is 5. The molecule has 0 aliphatic heterocycles. The molecule has 5 aromatic carbocycles. The zero-order valence-corrected chi connectivity index (χ0v) is 29.0. The Kier molecular flexibility index (Phi) is 5.85. The third kappa shape index (κ3) is 5.11. The molecule has 1 unspecified atom stereocenters. The van der Waals surface area contributed by atoms with E-state index in [1.165, 1.54) is 15.7 Å².